The molecule has 5 nitrogen and oxygen atoms in total. The van der Waals surface area contributed by atoms with Gasteiger partial charge in [-0.05, 0) is 48.2 Å². The molecule has 0 bridgehead atoms. The average Bonchev–Trinajstić information content (AvgIpc) is 2.64. The first-order valence-corrected chi connectivity index (χ1v) is 8.70. The largest absolute Gasteiger partial charge is 0.477 e. The highest BCUT2D eigenvalue weighted by Gasteiger charge is 2.20. The van der Waals surface area contributed by atoms with Crippen LogP contribution < -0.4 is 5.56 Å². The molecule has 0 unspecified atom stereocenters. The van der Waals surface area contributed by atoms with Crippen LogP contribution in [0.1, 0.15) is 32.6 Å². The molecule has 0 aliphatic carbocycles. The molecular formula is C21H20N2O3. The number of fused-ring (bicyclic) bond motifs is 2. The normalized spacial score (nSPS) is 14.3. The van der Waals surface area contributed by atoms with Crippen molar-refractivity contribution >= 4 is 11.5 Å². The molecule has 0 saturated heterocycles. The van der Waals surface area contributed by atoms with Gasteiger partial charge in [-0.25, -0.2) is 4.79 Å². The Morgan fingerprint density at radius 2 is 2.00 bits per heavy atom. The van der Waals surface area contributed by atoms with Crippen molar-refractivity contribution in [2.75, 3.05) is 6.54 Å². The molecule has 0 spiro atoms. The van der Waals surface area contributed by atoms with Crippen LogP contribution in [0, 0.1) is 6.92 Å². The van der Waals surface area contributed by atoms with Gasteiger partial charge in [-0.3, -0.25) is 14.1 Å². The molecule has 1 aliphatic rings. The Hall–Kier alpha value is -2.92. The number of aryl methyl sites for hydroxylation is 1. The molecule has 3 aromatic rings. The van der Waals surface area contributed by atoms with Gasteiger partial charge in [-0.2, -0.15) is 0 Å². The maximum absolute atomic E-state index is 12.4. The van der Waals surface area contributed by atoms with Crippen LogP contribution in [0.3, 0.4) is 0 Å². The number of benzene rings is 1. The highest BCUT2D eigenvalue weighted by Crippen LogP contribution is 2.23. The van der Waals surface area contributed by atoms with E-state index in [4.69, 9.17) is 0 Å². The lowest BCUT2D eigenvalue weighted by molar-refractivity contribution is 0.0694. The molecule has 5 heteroatoms. The first-order chi connectivity index (χ1) is 12.5. The smallest absolute Gasteiger partial charge is 0.341 e. The first kappa shape index (κ1) is 16.5. The summed E-state index contributed by atoms with van der Waals surface area (Å²) in [6.07, 6.45) is 2.61. The fourth-order valence-electron chi connectivity index (χ4n) is 3.72. The molecular weight excluding hydrogens is 328 g/mol. The summed E-state index contributed by atoms with van der Waals surface area (Å²) in [6, 6.07) is 13.5. The lowest BCUT2D eigenvalue weighted by atomic mass is 9.97. The topological polar surface area (TPSA) is 62.0 Å². The van der Waals surface area contributed by atoms with Crippen molar-refractivity contribution in [3.8, 4) is 0 Å². The maximum atomic E-state index is 12.4. The van der Waals surface area contributed by atoms with Crippen LogP contribution in [0.4, 0.5) is 0 Å². The van der Waals surface area contributed by atoms with Gasteiger partial charge in [0, 0.05) is 25.8 Å². The minimum atomic E-state index is -1.19. The molecule has 0 amide bonds. The van der Waals surface area contributed by atoms with Crippen molar-refractivity contribution in [1.29, 1.82) is 0 Å². The molecule has 26 heavy (non-hydrogen) atoms. The van der Waals surface area contributed by atoms with Crippen LogP contribution in [0.2, 0.25) is 0 Å². The fraction of sp³-hybridized carbons (Fsp3) is 0.238. The zero-order valence-electron chi connectivity index (χ0n) is 14.6. The molecule has 1 N–H and O–H groups in total. The third kappa shape index (κ3) is 2.91. The number of nitrogens with zero attached hydrogens (tertiary/aromatic N) is 2. The van der Waals surface area contributed by atoms with Gasteiger partial charge < -0.3 is 5.11 Å². The van der Waals surface area contributed by atoms with Gasteiger partial charge >= 0.3 is 5.97 Å². The van der Waals surface area contributed by atoms with E-state index < -0.39 is 11.5 Å². The summed E-state index contributed by atoms with van der Waals surface area (Å²) < 4.78 is 1.43. The molecule has 0 fully saturated rings. The van der Waals surface area contributed by atoms with Crippen LogP contribution in [0.5, 0.6) is 0 Å². The number of aromatic carboxylic acids is 1. The summed E-state index contributed by atoms with van der Waals surface area (Å²) in [5, 5.41) is 9.38. The van der Waals surface area contributed by atoms with E-state index in [0.717, 1.165) is 30.6 Å². The summed E-state index contributed by atoms with van der Waals surface area (Å²) in [7, 11) is 0. The summed E-state index contributed by atoms with van der Waals surface area (Å²) in [5.74, 6) is -1.19. The van der Waals surface area contributed by atoms with Gasteiger partial charge in [0.2, 0.25) is 0 Å². The molecule has 0 saturated carbocycles. The Morgan fingerprint density at radius 1 is 1.15 bits per heavy atom. The quantitative estimate of drug-likeness (QED) is 0.791. The summed E-state index contributed by atoms with van der Waals surface area (Å²) in [6.45, 7) is 4.46. The number of carboxylic acids is 1. The Labute approximate surface area is 151 Å². The zero-order valence-corrected chi connectivity index (χ0v) is 14.6. The van der Waals surface area contributed by atoms with Gasteiger partial charge in [0.05, 0.1) is 5.52 Å². The summed E-state index contributed by atoms with van der Waals surface area (Å²) in [5.41, 5.74) is 4.93. The van der Waals surface area contributed by atoms with Crippen LogP contribution in [0.15, 0.2) is 53.5 Å². The Bertz CT molecular complexity index is 1070. The highest BCUT2D eigenvalue weighted by molar-refractivity contribution is 5.88. The van der Waals surface area contributed by atoms with E-state index in [2.05, 4.69) is 30.0 Å². The predicted octanol–water partition coefficient (Wildman–Crippen LogP) is 2.86. The number of hydrogen-bond acceptors (Lipinski definition) is 3. The molecule has 132 valence electrons. The SMILES string of the molecule is Cc1ccc2c(c1)CCN(Cc1cc(C(=O)O)c(=O)n3ccccc13)C2. The number of hydrogen-bond donors (Lipinski definition) is 1. The lowest BCUT2D eigenvalue weighted by Gasteiger charge is -2.29. The minimum absolute atomic E-state index is 0.184. The predicted molar refractivity (Wildman–Crippen MR) is 99.6 cm³/mol. The van der Waals surface area contributed by atoms with Crippen molar-refractivity contribution in [2.24, 2.45) is 0 Å². The van der Waals surface area contributed by atoms with Crippen molar-refractivity contribution in [2.45, 2.75) is 26.4 Å². The molecule has 2 aromatic heterocycles. The Morgan fingerprint density at radius 3 is 2.81 bits per heavy atom. The van der Waals surface area contributed by atoms with E-state index in [9.17, 15) is 14.7 Å². The molecule has 0 radical (unpaired) electrons. The van der Waals surface area contributed by atoms with Gasteiger partial charge in [0.25, 0.3) is 5.56 Å². The van der Waals surface area contributed by atoms with Crippen LogP contribution >= 0.6 is 0 Å². The van der Waals surface area contributed by atoms with Gasteiger partial charge in [-0.1, -0.05) is 29.8 Å². The van der Waals surface area contributed by atoms with Crippen molar-refractivity contribution < 1.29 is 9.90 Å². The van der Waals surface area contributed by atoms with Gasteiger partial charge in [-0.15, -0.1) is 0 Å². The molecule has 3 heterocycles. The molecule has 1 aromatic carbocycles. The standard InChI is InChI=1S/C21H20N2O3/c1-14-5-6-16-12-22(9-7-15(16)10-14)13-17-11-18(21(25)26)20(24)23-8-3-2-4-19(17)23/h2-6,8,10-11H,7,9,12-13H2,1H3,(H,25,26). The molecule has 1 aliphatic heterocycles. The van der Waals surface area contributed by atoms with E-state index in [1.165, 1.54) is 27.2 Å². The first-order valence-electron chi connectivity index (χ1n) is 8.70. The van der Waals surface area contributed by atoms with E-state index in [1.807, 2.05) is 12.1 Å². The lowest BCUT2D eigenvalue weighted by Crippen LogP contribution is -2.31. The van der Waals surface area contributed by atoms with Crippen molar-refractivity contribution in [3.63, 3.8) is 0 Å². The Kier molecular flexibility index (Phi) is 4.09. The van der Waals surface area contributed by atoms with Gasteiger partial charge in [0.15, 0.2) is 0 Å². The minimum Gasteiger partial charge on any atom is -0.477 e. The van der Waals surface area contributed by atoms with Crippen molar-refractivity contribution in [3.05, 3.63) is 86.8 Å². The molecule has 4 rings (SSSR count). The van der Waals surface area contributed by atoms with Crippen molar-refractivity contribution in [1.82, 2.24) is 9.30 Å². The maximum Gasteiger partial charge on any atom is 0.341 e. The van der Waals surface area contributed by atoms with E-state index in [0.29, 0.717) is 6.54 Å². The number of carboxylic acid groups (broad SMARTS) is 1. The van der Waals surface area contributed by atoms with E-state index in [1.54, 1.807) is 12.3 Å². The number of pyridine rings is 2. The second kappa shape index (κ2) is 6.42. The number of aromatic nitrogens is 1. The monoisotopic (exact) mass is 348 g/mol. The molecule has 0 atom stereocenters. The third-order valence-corrected chi connectivity index (χ3v) is 5.03. The number of rotatable bonds is 3. The summed E-state index contributed by atoms with van der Waals surface area (Å²) >= 11 is 0. The second-order valence-corrected chi connectivity index (χ2v) is 6.88. The van der Waals surface area contributed by atoms with Crippen LogP contribution in [0.25, 0.3) is 5.52 Å². The number of carbonyl (C=O) groups is 1. The fourth-order valence-corrected chi connectivity index (χ4v) is 3.72. The third-order valence-electron chi connectivity index (χ3n) is 5.03. The second-order valence-electron chi connectivity index (χ2n) is 6.88. The zero-order chi connectivity index (χ0) is 18.3. The van der Waals surface area contributed by atoms with Crippen LogP contribution in [-0.4, -0.2) is 26.9 Å². The van der Waals surface area contributed by atoms with E-state index >= 15 is 0 Å². The average molecular weight is 348 g/mol. The van der Waals surface area contributed by atoms with E-state index in [-0.39, 0.29) is 5.56 Å². The highest BCUT2D eigenvalue weighted by atomic mass is 16.4. The van der Waals surface area contributed by atoms with Crippen LogP contribution in [-0.2, 0) is 19.5 Å². The summed E-state index contributed by atoms with van der Waals surface area (Å²) in [4.78, 5) is 26.2. The Balaban J connectivity index is 1.71. The van der Waals surface area contributed by atoms with Gasteiger partial charge in [0.1, 0.15) is 5.56 Å².